The molecule has 0 aromatic carbocycles. The lowest BCUT2D eigenvalue weighted by molar-refractivity contribution is 0.409. The zero-order valence-electron chi connectivity index (χ0n) is 11.1. The minimum atomic E-state index is 0.885. The Morgan fingerprint density at radius 2 is 1.20 bits per heavy atom. The van der Waals surface area contributed by atoms with E-state index in [0.29, 0.717) is 0 Å². The van der Waals surface area contributed by atoms with E-state index in [9.17, 15) is 0 Å². The van der Waals surface area contributed by atoms with E-state index in [1.54, 1.807) is 0 Å². The molecule has 2 atom stereocenters. The molecule has 0 aliphatic rings. The third-order valence-corrected chi connectivity index (χ3v) is 4.64. The van der Waals surface area contributed by atoms with Gasteiger partial charge in [-0.05, 0) is 24.2 Å². The lowest BCUT2D eigenvalue weighted by atomic mass is 9.94. The van der Waals surface area contributed by atoms with Crippen molar-refractivity contribution in [3.8, 4) is 0 Å². The molecule has 1 heteroatoms. The van der Waals surface area contributed by atoms with Crippen LogP contribution in [0, 0.1) is 17.8 Å². The number of hydrogen-bond donors (Lipinski definition) is 0. The Hall–Kier alpha value is 0.730. The van der Waals surface area contributed by atoms with Gasteiger partial charge in [-0.1, -0.05) is 82.4 Å². The first-order valence-corrected chi connectivity index (χ1v) is 8.14. The van der Waals surface area contributed by atoms with E-state index in [4.69, 9.17) is 0 Å². The lowest BCUT2D eigenvalue weighted by Crippen LogP contribution is -2.00. The normalized spacial score (nSPS) is 15.6. The molecule has 0 aromatic heterocycles. The summed E-state index contributed by atoms with van der Waals surface area (Å²) in [6.07, 6.45) is 8.59. The Morgan fingerprint density at radius 3 is 1.67 bits per heavy atom. The standard InChI is InChI=1S/C14H29I/c1-12(2)7-5-8-13(3)9-6-10-14(4)11-15/h12-14H,5-11H2,1-4H3/t13-,14-/m1/s1. The van der Waals surface area contributed by atoms with Gasteiger partial charge in [-0.2, -0.15) is 0 Å². The topological polar surface area (TPSA) is 0 Å². The second-order valence-electron chi connectivity index (χ2n) is 5.62. The van der Waals surface area contributed by atoms with Crippen LogP contribution in [0.4, 0.5) is 0 Å². The van der Waals surface area contributed by atoms with Crippen LogP contribution in [0.3, 0.4) is 0 Å². The molecule has 0 heterocycles. The van der Waals surface area contributed by atoms with Gasteiger partial charge in [0, 0.05) is 4.43 Å². The Kier molecular flexibility index (Phi) is 10.4. The first kappa shape index (κ1) is 15.7. The molecule has 0 aromatic rings. The highest BCUT2D eigenvalue weighted by Crippen LogP contribution is 2.19. The van der Waals surface area contributed by atoms with Gasteiger partial charge in [0.15, 0.2) is 0 Å². The summed E-state index contributed by atoms with van der Waals surface area (Å²) in [5.74, 6) is 2.76. The van der Waals surface area contributed by atoms with Crippen LogP contribution in [0.1, 0.15) is 66.2 Å². The minimum Gasteiger partial charge on any atom is -0.0861 e. The van der Waals surface area contributed by atoms with Gasteiger partial charge in [0.2, 0.25) is 0 Å². The van der Waals surface area contributed by atoms with Crippen molar-refractivity contribution in [1.82, 2.24) is 0 Å². The number of hydrogen-bond acceptors (Lipinski definition) is 0. The molecule has 92 valence electrons. The highest BCUT2D eigenvalue weighted by Gasteiger charge is 2.05. The van der Waals surface area contributed by atoms with Gasteiger partial charge in [0.1, 0.15) is 0 Å². The van der Waals surface area contributed by atoms with E-state index in [1.165, 1.54) is 43.0 Å². The van der Waals surface area contributed by atoms with Crippen LogP contribution in [0.25, 0.3) is 0 Å². The molecular weight excluding hydrogens is 295 g/mol. The summed E-state index contributed by atoms with van der Waals surface area (Å²) in [5.41, 5.74) is 0. The molecule has 0 unspecified atom stereocenters. The van der Waals surface area contributed by atoms with Gasteiger partial charge in [-0.25, -0.2) is 0 Å². The SMILES string of the molecule is CC(C)CCC[C@@H](C)CCC[C@@H](C)CI. The summed E-state index contributed by atoms with van der Waals surface area (Å²) in [4.78, 5) is 0. The van der Waals surface area contributed by atoms with E-state index in [2.05, 4.69) is 50.3 Å². The zero-order chi connectivity index (χ0) is 11.7. The molecule has 0 nitrogen and oxygen atoms in total. The second kappa shape index (κ2) is 9.92. The molecule has 0 saturated heterocycles. The molecule has 15 heavy (non-hydrogen) atoms. The fourth-order valence-electron chi connectivity index (χ4n) is 1.91. The Morgan fingerprint density at radius 1 is 0.733 bits per heavy atom. The van der Waals surface area contributed by atoms with Crippen LogP contribution < -0.4 is 0 Å². The smallest absolute Gasteiger partial charge is 0.00210 e. The second-order valence-corrected chi connectivity index (χ2v) is 6.50. The van der Waals surface area contributed by atoms with E-state index in [1.807, 2.05) is 0 Å². The molecule has 0 rings (SSSR count). The first-order valence-electron chi connectivity index (χ1n) is 6.62. The van der Waals surface area contributed by atoms with Crippen molar-refractivity contribution in [3.05, 3.63) is 0 Å². The largest absolute Gasteiger partial charge is 0.0861 e. The lowest BCUT2D eigenvalue weighted by Gasteiger charge is -2.13. The number of alkyl halides is 1. The molecular formula is C14H29I. The third-order valence-electron chi connectivity index (χ3n) is 3.14. The average Bonchev–Trinajstić information content (AvgIpc) is 2.17. The molecule has 0 amide bonds. The van der Waals surface area contributed by atoms with Crippen LogP contribution in [-0.2, 0) is 0 Å². The van der Waals surface area contributed by atoms with Crippen molar-refractivity contribution in [2.45, 2.75) is 66.2 Å². The van der Waals surface area contributed by atoms with Crippen molar-refractivity contribution in [2.24, 2.45) is 17.8 Å². The summed E-state index contributed by atoms with van der Waals surface area (Å²) in [5, 5.41) is 0. The average molecular weight is 324 g/mol. The van der Waals surface area contributed by atoms with Crippen LogP contribution in [0.5, 0.6) is 0 Å². The van der Waals surface area contributed by atoms with Gasteiger partial charge in [-0.15, -0.1) is 0 Å². The zero-order valence-corrected chi connectivity index (χ0v) is 13.2. The van der Waals surface area contributed by atoms with Crippen LogP contribution in [0.15, 0.2) is 0 Å². The molecule has 0 bridgehead atoms. The predicted molar refractivity (Wildman–Crippen MR) is 79.8 cm³/mol. The fourth-order valence-corrected chi connectivity index (χ4v) is 2.35. The van der Waals surface area contributed by atoms with Gasteiger partial charge < -0.3 is 0 Å². The molecule has 0 fully saturated rings. The quantitative estimate of drug-likeness (QED) is 0.377. The summed E-state index contributed by atoms with van der Waals surface area (Å²) in [6.45, 7) is 9.45. The summed E-state index contributed by atoms with van der Waals surface area (Å²) >= 11 is 2.50. The maximum absolute atomic E-state index is 2.50. The van der Waals surface area contributed by atoms with Crippen LogP contribution >= 0.6 is 22.6 Å². The molecule has 0 aliphatic carbocycles. The maximum Gasteiger partial charge on any atom is 0.00210 e. The van der Waals surface area contributed by atoms with Gasteiger partial charge in [0.25, 0.3) is 0 Å². The molecule has 0 aliphatic heterocycles. The van der Waals surface area contributed by atoms with Crippen molar-refractivity contribution >= 4 is 22.6 Å². The monoisotopic (exact) mass is 324 g/mol. The Balaban J connectivity index is 3.29. The van der Waals surface area contributed by atoms with Gasteiger partial charge >= 0.3 is 0 Å². The molecule has 0 saturated carbocycles. The summed E-state index contributed by atoms with van der Waals surface area (Å²) in [7, 11) is 0. The highest BCUT2D eigenvalue weighted by atomic mass is 127. The molecule has 0 N–H and O–H groups in total. The van der Waals surface area contributed by atoms with Crippen molar-refractivity contribution < 1.29 is 0 Å². The Bertz CT molecular complexity index is 131. The maximum atomic E-state index is 2.50. The predicted octanol–water partition coefficient (Wildman–Crippen LogP) is 5.69. The molecule has 0 spiro atoms. The van der Waals surface area contributed by atoms with E-state index in [-0.39, 0.29) is 0 Å². The summed E-state index contributed by atoms with van der Waals surface area (Å²) in [6, 6.07) is 0. The first-order chi connectivity index (χ1) is 7.06. The van der Waals surface area contributed by atoms with Crippen molar-refractivity contribution in [3.63, 3.8) is 0 Å². The van der Waals surface area contributed by atoms with E-state index >= 15 is 0 Å². The third kappa shape index (κ3) is 11.0. The highest BCUT2D eigenvalue weighted by molar-refractivity contribution is 14.1. The molecule has 0 radical (unpaired) electrons. The van der Waals surface area contributed by atoms with Crippen molar-refractivity contribution in [1.29, 1.82) is 0 Å². The van der Waals surface area contributed by atoms with Crippen molar-refractivity contribution in [2.75, 3.05) is 4.43 Å². The van der Waals surface area contributed by atoms with Crippen LogP contribution in [-0.4, -0.2) is 4.43 Å². The Labute approximate surface area is 111 Å². The van der Waals surface area contributed by atoms with E-state index < -0.39 is 0 Å². The van der Waals surface area contributed by atoms with Gasteiger partial charge in [-0.3, -0.25) is 0 Å². The van der Waals surface area contributed by atoms with Gasteiger partial charge in [0.05, 0.1) is 0 Å². The summed E-state index contributed by atoms with van der Waals surface area (Å²) < 4.78 is 1.32. The minimum absolute atomic E-state index is 0.885. The number of rotatable bonds is 9. The van der Waals surface area contributed by atoms with E-state index in [0.717, 1.165) is 17.8 Å². The fraction of sp³-hybridized carbons (Fsp3) is 1.00. The number of halogens is 1. The van der Waals surface area contributed by atoms with Crippen LogP contribution in [0.2, 0.25) is 0 Å².